The molecule has 2 aromatic rings. The van der Waals surface area contributed by atoms with Crippen molar-refractivity contribution < 1.29 is 34.8 Å². The number of aliphatic hydroxyl groups is 3. The van der Waals surface area contributed by atoms with E-state index in [2.05, 4.69) is 55.7 Å². The van der Waals surface area contributed by atoms with Gasteiger partial charge in [-0.2, -0.15) is 0 Å². The fourth-order valence-corrected chi connectivity index (χ4v) is 21.6. The molecule has 10 nitrogen and oxygen atoms in total. The molecule has 2 aliphatic heterocycles. The number of carbonyl (C=O) groups is 2. The molecular weight excluding hydrogens is 923 g/mol. The molecule has 8 N–H and O–H groups in total. The van der Waals surface area contributed by atoms with Gasteiger partial charge in [0.1, 0.15) is 17.6 Å². The number of benzene rings is 2. The lowest BCUT2D eigenvalue weighted by Gasteiger charge is -2.73. The molecule has 10 heteroatoms. The van der Waals surface area contributed by atoms with Gasteiger partial charge in [0.05, 0.1) is 22.7 Å². The third-order valence-corrected chi connectivity index (χ3v) is 24.1. The van der Waals surface area contributed by atoms with Crippen LogP contribution in [0.1, 0.15) is 192 Å². The van der Waals surface area contributed by atoms with Gasteiger partial charge < -0.3 is 41.5 Å². The summed E-state index contributed by atoms with van der Waals surface area (Å²) in [7, 11) is 1.93. The highest BCUT2D eigenvalue weighted by molar-refractivity contribution is 6.01. The lowest BCUT2D eigenvalue weighted by atomic mass is 9.31. The number of anilines is 1. The summed E-state index contributed by atoms with van der Waals surface area (Å²) < 4.78 is 6.82. The van der Waals surface area contributed by atoms with Crippen LogP contribution >= 0.6 is 0 Å². The van der Waals surface area contributed by atoms with Gasteiger partial charge in [0.2, 0.25) is 0 Å². The molecule has 0 unspecified atom stereocenters. The van der Waals surface area contributed by atoms with Gasteiger partial charge in [-0.25, -0.2) is 0 Å². The number of hydrogen-bond donors (Lipinski definition) is 7. The van der Waals surface area contributed by atoms with Gasteiger partial charge in [-0.3, -0.25) is 9.59 Å². The van der Waals surface area contributed by atoms with Crippen LogP contribution in [0.5, 0.6) is 5.75 Å². The van der Waals surface area contributed by atoms with Crippen LogP contribution in [0.25, 0.3) is 0 Å². The first-order valence-electron chi connectivity index (χ1n) is 29.9. The quantitative estimate of drug-likeness (QED) is 0.0945. The van der Waals surface area contributed by atoms with Crippen LogP contribution < -0.4 is 16.4 Å². The Morgan fingerprint density at radius 2 is 1.73 bits per heavy atom. The molecule has 8 aliphatic carbocycles. The van der Waals surface area contributed by atoms with Crippen molar-refractivity contribution in [1.82, 2.24) is 10.6 Å². The number of aliphatic hydroxyl groups excluding tert-OH is 2. The molecule has 2 aromatic carbocycles. The topological polar surface area (TPSA) is 178 Å². The number of allylic oxidation sites excluding steroid dienone is 2. The Bertz CT molecular complexity index is 2560. The normalized spacial score (nSPS) is 46.3. The number of ether oxygens (including phenoxy) is 1. The van der Waals surface area contributed by atoms with Crippen LogP contribution in [0.3, 0.4) is 0 Å². The highest BCUT2D eigenvalue weighted by Crippen LogP contribution is 2.80. The fraction of sp³-hybridized carbons (Fsp3) is 0.750. The van der Waals surface area contributed by atoms with Crippen molar-refractivity contribution in [1.29, 1.82) is 0 Å². The standard InChI is InChI=1S/C64H91N3O7/c1-58(73)21-6-7-22-59(2)55-50(67-37-58)32-64-24-10-13-40-18-17-38(35-68)28-46(40)47(31-51(70)56-61(4,74-56)48-16-9-15-45(48)41-12-8-14-43(65)29-41)54-49-19-20-53(64)60(55,3)36-62(57(59)72,23-11-25-63(49,64)33-52(54)71)42-26-39(34-66-5)27-44(69)30-42/h8,12,14,26-27,29-30,38,40,45-48,50-51,53,55-56,66-70,73H,6-7,9-11,13,15-25,28,31-37,65H2,1-5H3/t38-,40+,45-,46-,47+,48+,50+,51-,53-,55+,56-,58+,59-,60+,61-,62+,63+,64+/m1/s1. The van der Waals surface area contributed by atoms with Crippen molar-refractivity contribution in [2.24, 2.45) is 63.1 Å². The maximum atomic E-state index is 16.5. The number of nitrogens with one attached hydrogen (secondary N) is 2. The SMILES string of the molecule is CNCc1cc(O)cc([C@]23CCC[C@]45CC(=O)C6=C4CC[C@@H]4[C@](C)(C2)[C@H]2[C@H](C[C@@]45CCC[C@H]4CC[C@@H](CO)C[C@H]4[C@@H]6C[C@@H](O)[C@H]4O[C@]4(C)[C@H]4CCC[C@@H]4c4cccc(N)c4)NC[C@@](C)(O)CCCC[C@@]2(C)C3=O)c1. The molecule has 12 rings (SSSR count). The predicted molar refractivity (Wildman–Crippen MR) is 289 cm³/mol. The number of rotatable bonds is 9. The molecule has 10 aliphatic rings. The lowest BCUT2D eigenvalue weighted by Crippen LogP contribution is -2.73. The predicted octanol–water partition coefficient (Wildman–Crippen LogP) is 10.4. The fourth-order valence-electron chi connectivity index (χ4n) is 21.6. The number of fused-ring (bicyclic) bond motifs is 2. The summed E-state index contributed by atoms with van der Waals surface area (Å²) in [4.78, 5) is 32.6. The number of phenols is 1. The van der Waals surface area contributed by atoms with E-state index in [-0.39, 0.29) is 76.6 Å². The molecule has 2 heterocycles. The summed E-state index contributed by atoms with van der Waals surface area (Å²) in [5.41, 5.74) is 9.02. The number of β-amino-alcohol motifs (C(OH)–C–C–N with tert-alkyl or cyclic N) is 1. The molecule has 0 radical (unpaired) electrons. The second kappa shape index (κ2) is 18.5. The van der Waals surface area contributed by atoms with Gasteiger partial charge in [0.15, 0.2) is 5.78 Å². The Morgan fingerprint density at radius 1 is 0.905 bits per heavy atom. The average molecular weight is 1010 g/mol. The number of nitrogens with two attached hydrogens (primary N) is 1. The maximum absolute atomic E-state index is 16.5. The second-order valence-electron chi connectivity index (χ2n) is 28.1. The zero-order valence-corrected chi connectivity index (χ0v) is 45.7. The molecule has 8 fully saturated rings. The Morgan fingerprint density at radius 3 is 2.53 bits per heavy atom. The number of phenolic OH excluding ortho intramolecular Hbond substituents is 1. The van der Waals surface area contributed by atoms with Crippen molar-refractivity contribution in [3.8, 4) is 5.75 Å². The van der Waals surface area contributed by atoms with Crippen molar-refractivity contribution in [2.45, 2.75) is 216 Å². The first-order chi connectivity index (χ1) is 35.3. The van der Waals surface area contributed by atoms with Gasteiger partial charge in [-0.05, 0) is 222 Å². The minimum atomic E-state index is -0.880. The Labute approximate surface area is 442 Å². The second-order valence-corrected chi connectivity index (χ2v) is 28.1. The lowest BCUT2D eigenvalue weighted by molar-refractivity contribution is -0.213. The molecule has 6 saturated carbocycles. The van der Waals surface area contributed by atoms with Crippen molar-refractivity contribution in [2.75, 3.05) is 25.9 Å². The minimum Gasteiger partial charge on any atom is -0.508 e. The van der Waals surface area contributed by atoms with E-state index in [1.54, 1.807) is 0 Å². The van der Waals surface area contributed by atoms with Gasteiger partial charge in [-0.1, -0.05) is 76.1 Å². The Kier molecular flexibility index (Phi) is 12.9. The Hall–Kier alpha value is -3.12. The number of aromatic hydroxyl groups is 1. The number of ketones is 2. The third kappa shape index (κ3) is 7.79. The van der Waals surface area contributed by atoms with Crippen molar-refractivity contribution >= 4 is 17.3 Å². The molecular formula is C64H91N3O7. The molecule has 0 aromatic heterocycles. The number of hydrogen-bond acceptors (Lipinski definition) is 10. The molecule has 2 spiro atoms. The van der Waals surface area contributed by atoms with Crippen molar-refractivity contribution in [3.63, 3.8) is 0 Å². The molecule has 18 atom stereocenters. The summed E-state index contributed by atoms with van der Waals surface area (Å²) in [6.45, 7) is 10.4. The maximum Gasteiger partial charge on any atom is 0.160 e. The molecule has 0 amide bonds. The summed E-state index contributed by atoms with van der Waals surface area (Å²) >= 11 is 0. The number of carbonyl (C=O) groups excluding carboxylic acids is 2. The average Bonchev–Trinajstić information content (AvgIpc) is 3.68. The number of Topliss-reactive ketones (excluding diaryl/α,β-unsaturated/α-hetero) is 2. The van der Waals surface area contributed by atoms with E-state index in [1.165, 1.54) is 11.1 Å². The first kappa shape index (κ1) is 51.6. The van der Waals surface area contributed by atoms with Gasteiger partial charge in [-0.15, -0.1) is 0 Å². The van der Waals surface area contributed by atoms with E-state index in [0.29, 0.717) is 56.4 Å². The van der Waals surface area contributed by atoms with Crippen LogP contribution in [0, 0.1) is 63.1 Å². The third-order valence-electron chi connectivity index (χ3n) is 24.1. The minimum absolute atomic E-state index is 0.0324. The van der Waals surface area contributed by atoms with E-state index < -0.39 is 33.6 Å². The summed E-state index contributed by atoms with van der Waals surface area (Å²) in [6, 6.07) is 14.3. The molecule has 7 bridgehead atoms. The highest BCUT2D eigenvalue weighted by Gasteiger charge is 2.77. The van der Waals surface area contributed by atoms with Gasteiger partial charge >= 0.3 is 0 Å². The summed E-state index contributed by atoms with van der Waals surface area (Å²) in [6.07, 6.45) is 18.2. The number of epoxide rings is 1. The van der Waals surface area contributed by atoms with E-state index in [9.17, 15) is 20.4 Å². The molecule has 74 heavy (non-hydrogen) atoms. The van der Waals surface area contributed by atoms with E-state index >= 15 is 9.59 Å². The van der Waals surface area contributed by atoms with Gasteiger partial charge in [0.25, 0.3) is 0 Å². The summed E-state index contributed by atoms with van der Waals surface area (Å²) in [5.74, 6) is 2.35. The van der Waals surface area contributed by atoms with E-state index in [4.69, 9.17) is 10.5 Å². The van der Waals surface area contributed by atoms with Crippen molar-refractivity contribution in [3.05, 3.63) is 70.3 Å². The van der Waals surface area contributed by atoms with Crippen LogP contribution in [-0.2, 0) is 26.3 Å². The zero-order valence-electron chi connectivity index (χ0n) is 45.7. The van der Waals surface area contributed by atoms with E-state index in [1.807, 2.05) is 32.2 Å². The largest absolute Gasteiger partial charge is 0.508 e. The van der Waals surface area contributed by atoms with Crippen LogP contribution in [-0.4, -0.2) is 81.6 Å². The summed E-state index contributed by atoms with van der Waals surface area (Å²) in [5, 5.41) is 54.8. The van der Waals surface area contributed by atoms with Crippen LogP contribution in [0.2, 0.25) is 0 Å². The van der Waals surface area contributed by atoms with Crippen LogP contribution in [0.4, 0.5) is 5.69 Å². The molecule has 404 valence electrons. The Balaban J connectivity index is 1.00. The monoisotopic (exact) mass is 1010 g/mol. The van der Waals surface area contributed by atoms with E-state index in [0.717, 1.165) is 138 Å². The van der Waals surface area contributed by atoms with Gasteiger partial charge in [0, 0.05) is 48.7 Å². The first-order valence-corrected chi connectivity index (χ1v) is 29.9. The zero-order chi connectivity index (χ0) is 51.8. The smallest absolute Gasteiger partial charge is 0.160 e. The number of nitrogen functional groups attached to an aromatic ring is 1. The van der Waals surface area contributed by atoms with Crippen LogP contribution in [0.15, 0.2) is 53.6 Å². The molecule has 2 saturated heterocycles. The highest BCUT2D eigenvalue weighted by atomic mass is 16.6.